The molecule has 0 aromatic carbocycles. The van der Waals surface area contributed by atoms with E-state index in [-0.39, 0.29) is 6.29 Å². The molecule has 2 heterocycles. The SMILES string of the molecule is COC(CN(Cc1cnc(Cl)s1)c1ncccc1C1CC1)OC. The molecule has 3 rings (SSSR count). The van der Waals surface area contributed by atoms with Crippen LogP contribution in [0.25, 0.3) is 0 Å². The zero-order valence-electron chi connectivity index (χ0n) is 13.2. The van der Waals surface area contributed by atoms with Crippen LogP contribution < -0.4 is 4.90 Å². The maximum absolute atomic E-state index is 5.97. The van der Waals surface area contributed by atoms with Crippen molar-refractivity contribution < 1.29 is 9.47 Å². The Kier molecular flexibility index (Phi) is 5.48. The Morgan fingerprint density at radius 2 is 2.13 bits per heavy atom. The van der Waals surface area contributed by atoms with Crippen LogP contribution in [-0.4, -0.2) is 37.0 Å². The quantitative estimate of drug-likeness (QED) is 0.677. The van der Waals surface area contributed by atoms with Gasteiger partial charge in [-0.1, -0.05) is 17.7 Å². The number of thiazole rings is 1. The summed E-state index contributed by atoms with van der Waals surface area (Å²) in [6, 6.07) is 4.17. The first-order valence-corrected chi connectivity index (χ1v) is 8.76. The van der Waals surface area contributed by atoms with E-state index in [0.717, 1.165) is 10.7 Å². The summed E-state index contributed by atoms with van der Waals surface area (Å²) in [4.78, 5) is 12.0. The van der Waals surface area contributed by atoms with Gasteiger partial charge in [0.2, 0.25) is 0 Å². The molecule has 0 saturated heterocycles. The molecule has 2 aromatic heterocycles. The second kappa shape index (κ2) is 7.57. The first-order valence-electron chi connectivity index (χ1n) is 7.57. The number of rotatable bonds is 8. The van der Waals surface area contributed by atoms with Crippen molar-refractivity contribution in [1.82, 2.24) is 9.97 Å². The minimum absolute atomic E-state index is 0.313. The molecule has 0 atom stereocenters. The summed E-state index contributed by atoms with van der Waals surface area (Å²) >= 11 is 7.45. The highest BCUT2D eigenvalue weighted by atomic mass is 35.5. The van der Waals surface area contributed by atoms with Gasteiger partial charge in [-0.05, 0) is 30.4 Å². The van der Waals surface area contributed by atoms with Gasteiger partial charge in [-0.15, -0.1) is 11.3 Å². The van der Waals surface area contributed by atoms with Crippen LogP contribution in [0.3, 0.4) is 0 Å². The monoisotopic (exact) mass is 353 g/mol. The predicted molar refractivity (Wildman–Crippen MR) is 92.2 cm³/mol. The van der Waals surface area contributed by atoms with Crippen LogP contribution in [0, 0.1) is 0 Å². The summed E-state index contributed by atoms with van der Waals surface area (Å²) in [7, 11) is 3.30. The number of pyridine rings is 1. The molecule has 0 radical (unpaired) electrons. The van der Waals surface area contributed by atoms with Crippen LogP contribution in [-0.2, 0) is 16.0 Å². The molecule has 0 N–H and O–H groups in total. The van der Waals surface area contributed by atoms with Gasteiger partial charge in [-0.2, -0.15) is 0 Å². The molecule has 124 valence electrons. The molecule has 23 heavy (non-hydrogen) atoms. The van der Waals surface area contributed by atoms with Crippen molar-refractivity contribution in [2.24, 2.45) is 0 Å². The molecule has 0 bridgehead atoms. The van der Waals surface area contributed by atoms with Crippen LogP contribution in [0.1, 0.15) is 29.2 Å². The van der Waals surface area contributed by atoms with Crippen LogP contribution in [0.2, 0.25) is 4.47 Å². The van der Waals surface area contributed by atoms with Crippen molar-refractivity contribution in [2.45, 2.75) is 31.6 Å². The van der Waals surface area contributed by atoms with Gasteiger partial charge in [0.25, 0.3) is 0 Å². The maximum Gasteiger partial charge on any atom is 0.183 e. The summed E-state index contributed by atoms with van der Waals surface area (Å²) in [5.41, 5.74) is 1.30. The van der Waals surface area contributed by atoms with Gasteiger partial charge in [-0.3, -0.25) is 0 Å². The minimum atomic E-state index is -0.313. The third-order valence-electron chi connectivity index (χ3n) is 3.90. The fourth-order valence-electron chi connectivity index (χ4n) is 2.58. The fraction of sp³-hybridized carbons (Fsp3) is 0.500. The topological polar surface area (TPSA) is 47.5 Å². The molecule has 0 unspecified atom stereocenters. The first-order chi connectivity index (χ1) is 11.2. The van der Waals surface area contributed by atoms with Crippen molar-refractivity contribution in [3.05, 3.63) is 39.4 Å². The molecule has 1 fully saturated rings. The molecular weight excluding hydrogens is 334 g/mol. The summed E-state index contributed by atoms with van der Waals surface area (Å²) in [5, 5.41) is 0. The summed E-state index contributed by atoms with van der Waals surface area (Å²) in [6.45, 7) is 1.28. The van der Waals surface area contributed by atoms with E-state index < -0.39 is 0 Å². The van der Waals surface area contributed by atoms with E-state index in [1.54, 1.807) is 14.2 Å². The second-order valence-corrected chi connectivity index (χ2v) is 7.25. The van der Waals surface area contributed by atoms with Crippen molar-refractivity contribution in [3.63, 3.8) is 0 Å². The number of methoxy groups -OCH3 is 2. The summed E-state index contributed by atoms with van der Waals surface area (Å²) in [6.07, 6.45) is 5.80. The molecule has 5 nitrogen and oxygen atoms in total. The van der Waals surface area contributed by atoms with Gasteiger partial charge in [0, 0.05) is 31.5 Å². The van der Waals surface area contributed by atoms with Crippen molar-refractivity contribution in [1.29, 1.82) is 0 Å². The van der Waals surface area contributed by atoms with E-state index in [1.807, 2.05) is 18.5 Å². The van der Waals surface area contributed by atoms with Crippen molar-refractivity contribution in [3.8, 4) is 0 Å². The number of anilines is 1. The van der Waals surface area contributed by atoms with E-state index in [0.29, 0.717) is 23.5 Å². The zero-order valence-corrected chi connectivity index (χ0v) is 14.8. The number of hydrogen-bond acceptors (Lipinski definition) is 6. The fourth-order valence-corrected chi connectivity index (χ4v) is 3.58. The molecule has 2 aromatic rings. The smallest absolute Gasteiger partial charge is 0.183 e. The van der Waals surface area contributed by atoms with Crippen LogP contribution in [0.5, 0.6) is 0 Å². The lowest BCUT2D eigenvalue weighted by atomic mass is 10.1. The first kappa shape index (κ1) is 16.6. The molecule has 0 amide bonds. The number of halogens is 1. The highest BCUT2D eigenvalue weighted by Crippen LogP contribution is 2.43. The lowest BCUT2D eigenvalue weighted by Crippen LogP contribution is -2.35. The number of nitrogens with zero attached hydrogens (tertiary/aromatic N) is 3. The Morgan fingerprint density at radius 3 is 2.74 bits per heavy atom. The Hall–Kier alpha value is -1.21. The predicted octanol–water partition coefficient (Wildman–Crippen LogP) is 3.69. The van der Waals surface area contributed by atoms with E-state index in [2.05, 4.69) is 20.9 Å². The van der Waals surface area contributed by atoms with Crippen molar-refractivity contribution >= 4 is 28.8 Å². The van der Waals surface area contributed by atoms with Gasteiger partial charge >= 0.3 is 0 Å². The summed E-state index contributed by atoms with van der Waals surface area (Å²) in [5.74, 6) is 1.62. The minimum Gasteiger partial charge on any atom is -0.354 e. The lowest BCUT2D eigenvalue weighted by molar-refractivity contribution is -0.0951. The number of aromatic nitrogens is 2. The van der Waals surface area contributed by atoms with Gasteiger partial charge in [0.05, 0.1) is 13.1 Å². The Bertz CT molecular complexity index is 644. The summed E-state index contributed by atoms with van der Waals surface area (Å²) < 4.78 is 11.3. The second-order valence-electron chi connectivity index (χ2n) is 5.55. The Balaban J connectivity index is 1.87. The molecule has 0 spiro atoms. The lowest BCUT2D eigenvalue weighted by Gasteiger charge is -2.28. The highest BCUT2D eigenvalue weighted by molar-refractivity contribution is 7.15. The van der Waals surface area contributed by atoms with Gasteiger partial charge in [0.1, 0.15) is 5.82 Å². The Morgan fingerprint density at radius 1 is 1.35 bits per heavy atom. The third-order valence-corrected chi connectivity index (χ3v) is 5.00. The van der Waals surface area contributed by atoms with Crippen molar-refractivity contribution in [2.75, 3.05) is 25.7 Å². The Labute approximate surface area is 145 Å². The average molecular weight is 354 g/mol. The molecule has 1 aliphatic carbocycles. The molecule has 0 aliphatic heterocycles. The van der Waals surface area contributed by atoms with E-state index in [4.69, 9.17) is 21.1 Å². The molecular formula is C16H20ClN3O2S. The molecule has 1 saturated carbocycles. The van der Waals surface area contributed by atoms with Crippen LogP contribution in [0.4, 0.5) is 5.82 Å². The highest BCUT2D eigenvalue weighted by Gasteiger charge is 2.29. The van der Waals surface area contributed by atoms with Gasteiger partial charge in [-0.25, -0.2) is 9.97 Å². The van der Waals surface area contributed by atoms with E-state index in [9.17, 15) is 0 Å². The number of hydrogen-bond donors (Lipinski definition) is 0. The standard InChI is InChI=1S/C16H20ClN3O2S/c1-21-14(22-2)10-20(9-12-8-19-16(17)23-12)15-13(11-5-6-11)4-3-7-18-15/h3-4,7-8,11,14H,5-6,9-10H2,1-2H3. The zero-order chi connectivity index (χ0) is 16.2. The molecule has 1 aliphatic rings. The van der Waals surface area contributed by atoms with Crippen LogP contribution >= 0.6 is 22.9 Å². The van der Waals surface area contributed by atoms with Gasteiger partial charge < -0.3 is 14.4 Å². The third kappa shape index (κ3) is 4.20. The largest absolute Gasteiger partial charge is 0.354 e. The van der Waals surface area contributed by atoms with E-state index >= 15 is 0 Å². The normalized spacial score (nSPS) is 14.4. The number of ether oxygens (including phenoxy) is 2. The molecule has 7 heteroatoms. The van der Waals surface area contributed by atoms with E-state index in [1.165, 1.54) is 29.7 Å². The van der Waals surface area contributed by atoms with Crippen LogP contribution in [0.15, 0.2) is 24.5 Å². The maximum atomic E-state index is 5.97. The average Bonchev–Trinajstić information content (AvgIpc) is 3.34. The van der Waals surface area contributed by atoms with Gasteiger partial charge in [0.15, 0.2) is 10.8 Å².